The predicted octanol–water partition coefficient (Wildman–Crippen LogP) is 1.52. The highest BCUT2D eigenvalue weighted by atomic mass is 15.3. The number of nitrogens with zero attached hydrogens (tertiary/aromatic N) is 5. The SMILES string of the molecule is CCNc1nc(N(CC)CCC#N)c2cn[nH]c2n1. The molecule has 2 rings (SSSR count). The maximum atomic E-state index is 8.73. The summed E-state index contributed by atoms with van der Waals surface area (Å²) in [5.74, 6) is 1.39. The lowest BCUT2D eigenvalue weighted by molar-refractivity contribution is 0.813. The van der Waals surface area contributed by atoms with Crippen molar-refractivity contribution in [2.75, 3.05) is 29.9 Å². The van der Waals surface area contributed by atoms with Crippen molar-refractivity contribution in [2.45, 2.75) is 20.3 Å². The Morgan fingerprint density at radius 2 is 2.26 bits per heavy atom. The van der Waals surface area contributed by atoms with Gasteiger partial charge in [0, 0.05) is 19.6 Å². The second-order valence-electron chi connectivity index (χ2n) is 4.02. The molecule has 2 N–H and O–H groups in total. The molecule has 7 heteroatoms. The van der Waals surface area contributed by atoms with Gasteiger partial charge in [0.15, 0.2) is 5.65 Å². The second kappa shape index (κ2) is 6.00. The number of fused-ring (bicyclic) bond motifs is 1. The van der Waals surface area contributed by atoms with Crippen LogP contribution in [0.25, 0.3) is 11.0 Å². The smallest absolute Gasteiger partial charge is 0.226 e. The molecule has 0 spiro atoms. The van der Waals surface area contributed by atoms with E-state index in [1.54, 1.807) is 6.20 Å². The van der Waals surface area contributed by atoms with Gasteiger partial charge in [0.25, 0.3) is 0 Å². The number of anilines is 2. The number of rotatable bonds is 6. The van der Waals surface area contributed by atoms with Crippen LogP contribution in [0.1, 0.15) is 20.3 Å². The number of hydrogen-bond acceptors (Lipinski definition) is 6. The fraction of sp³-hybridized carbons (Fsp3) is 0.500. The van der Waals surface area contributed by atoms with Gasteiger partial charge >= 0.3 is 0 Å². The number of aromatic nitrogens is 4. The molecule has 2 aromatic heterocycles. The van der Waals surface area contributed by atoms with Crippen LogP contribution >= 0.6 is 0 Å². The van der Waals surface area contributed by atoms with Crippen molar-refractivity contribution >= 4 is 22.8 Å². The lowest BCUT2D eigenvalue weighted by Gasteiger charge is -2.21. The van der Waals surface area contributed by atoms with Crippen molar-refractivity contribution in [1.29, 1.82) is 5.26 Å². The number of hydrogen-bond donors (Lipinski definition) is 2. The molecular formula is C12H17N7. The molecule has 0 radical (unpaired) electrons. The molecule has 19 heavy (non-hydrogen) atoms. The molecule has 0 fully saturated rings. The summed E-state index contributed by atoms with van der Waals surface area (Å²) in [5.41, 5.74) is 0.705. The molecule has 0 bridgehead atoms. The molecule has 2 heterocycles. The molecule has 0 unspecified atom stereocenters. The van der Waals surface area contributed by atoms with Gasteiger partial charge in [0.1, 0.15) is 5.82 Å². The van der Waals surface area contributed by atoms with Crippen molar-refractivity contribution in [1.82, 2.24) is 20.2 Å². The zero-order valence-electron chi connectivity index (χ0n) is 11.1. The summed E-state index contributed by atoms with van der Waals surface area (Å²) in [7, 11) is 0. The molecule has 0 saturated carbocycles. The monoisotopic (exact) mass is 259 g/mol. The molecule has 0 aromatic carbocycles. The highest BCUT2D eigenvalue weighted by molar-refractivity contribution is 5.87. The van der Waals surface area contributed by atoms with Crippen LogP contribution < -0.4 is 10.2 Å². The van der Waals surface area contributed by atoms with Crippen LogP contribution in [0.4, 0.5) is 11.8 Å². The van der Waals surface area contributed by atoms with Crippen LogP contribution in [-0.4, -0.2) is 39.8 Å². The number of nitrogens with one attached hydrogen (secondary N) is 2. The summed E-state index contributed by atoms with van der Waals surface area (Å²) >= 11 is 0. The quantitative estimate of drug-likeness (QED) is 0.817. The molecule has 2 aromatic rings. The van der Waals surface area contributed by atoms with Crippen molar-refractivity contribution in [3.05, 3.63) is 6.20 Å². The van der Waals surface area contributed by atoms with Crippen LogP contribution in [0.5, 0.6) is 0 Å². The zero-order chi connectivity index (χ0) is 13.7. The van der Waals surface area contributed by atoms with E-state index in [0.717, 1.165) is 24.3 Å². The van der Waals surface area contributed by atoms with Gasteiger partial charge in [-0.15, -0.1) is 0 Å². The fourth-order valence-electron chi connectivity index (χ4n) is 1.90. The molecular weight excluding hydrogens is 242 g/mol. The first-order chi connectivity index (χ1) is 9.30. The minimum absolute atomic E-state index is 0.466. The Balaban J connectivity index is 2.43. The molecule has 0 aliphatic carbocycles. The van der Waals surface area contributed by atoms with Gasteiger partial charge in [0.2, 0.25) is 5.95 Å². The maximum absolute atomic E-state index is 8.73. The average molecular weight is 259 g/mol. The lowest BCUT2D eigenvalue weighted by Crippen LogP contribution is -2.25. The van der Waals surface area contributed by atoms with E-state index >= 15 is 0 Å². The van der Waals surface area contributed by atoms with Crippen molar-refractivity contribution in [3.8, 4) is 6.07 Å². The first-order valence-electron chi connectivity index (χ1n) is 6.37. The lowest BCUT2D eigenvalue weighted by atomic mass is 10.3. The highest BCUT2D eigenvalue weighted by Crippen LogP contribution is 2.23. The first-order valence-corrected chi connectivity index (χ1v) is 6.37. The maximum Gasteiger partial charge on any atom is 0.226 e. The van der Waals surface area contributed by atoms with Gasteiger partial charge < -0.3 is 10.2 Å². The second-order valence-corrected chi connectivity index (χ2v) is 4.02. The Hall–Kier alpha value is -2.36. The van der Waals surface area contributed by atoms with E-state index < -0.39 is 0 Å². The van der Waals surface area contributed by atoms with E-state index in [0.29, 0.717) is 24.6 Å². The summed E-state index contributed by atoms with van der Waals surface area (Å²) < 4.78 is 0. The number of nitriles is 1. The van der Waals surface area contributed by atoms with E-state index in [2.05, 4.69) is 36.5 Å². The number of H-pyrrole nitrogens is 1. The van der Waals surface area contributed by atoms with Crippen LogP contribution in [0, 0.1) is 11.3 Å². The van der Waals surface area contributed by atoms with E-state index in [1.165, 1.54) is 0 Å². The van der Waals surface area contributed by atoms with Crippen LogP contribution in [-0.2, 0) is 0 Å². The first kappa shape index (κ1) is 13.1. The zero-order valence-corrected chi connectivity index (χ0v) is 11.1. The summed E-state index contributed by atoms with van der Waals surface area (Å²) in [5, 5.41) is 19.6. The normalized spacial score (nSPS) is 10.4. The summed E-state index contributed by atoms with van der Waals surface area (Å²) in [6.45, 7) is 6.22. The predicted molar refractivity (Wildman–Crippen MR) is 74.0 cm³/mol. The van der Waals surface area contributed by atoms with Gasteiger partial charge in [-0.25, -0.2) is 0 Å². The highest BCUT2D eigenvalue weighted by Gasteiger charge is 2.14. The molecule has 100 valence electrons. The summed E-state index contributed by atoms with van der Waals surface area (Å²) in [6.07, 6.45) is 2.18. The standard InChI is InChI=1S/C12H17N7/c1-3-14-12-16-10-9(8-15-18-10)11(17-12)19(4-2)7-5-6-13/h8H,3-5,7H2,1-2H3,(H2,14,15,16,17,18). The van der Waals surface area contributed by atoms with E-state index in [1.807, 2.05) is 13.8 Å². The third-order valence-corrected chi connectivity index (χ3v) is 2.80. The Labute approximate surface area is 111 Å². The van der Waals surface area contributed by atoms with Gasteiger partial charge in [-0.05, 0) is 13.8 Å². The summed E-state index contributed by atoms with van der Waals surface area (Å²) in [6, 6.07) is 2.16. The topological polar surface area (TPSA) is 93.5 Å². The third-order valence-electron chi connectivity index (χ3n) is 2.80. The third kappa shape index (κ3) is 2.73. The Bertz CT molecular complexity index is 583. The molecule has 0 amide bonds. The molecule has 7 nitrogen and oxygen atoms in total. The summed E-state index contributed by atoms with van der Waals surface area (Å²) in [4.78, 5) is 10.9. The van der Waals surface area contributed by atoms with Crippen molar-refractivity contribution < 1.29 is 0 Å². The van der Waals surface area contributed by atoms with Crippen LogP contribution in [0.2, 0.25) is 0 Å². The van der Waals surface area contributed by atoms with Crippen LogP contribution in [0.15, 0.2) is 6.20 Å². The molecule has 0 atom stereocenters. The Morgan fingerprint density at radius 3 is 2.95 bits per heavy atom. The molecule has 0 aliphatic heterocycles. The fourth-order valence-corrected chi connectivity index (χ4v) is 1.90. The van der Waals surface area contributed by atoms with Gasteiger partial charge in [-0.2, -0.15) is 20.3 Å². The van der Waals surface area contributed by atoms with E-state index in [4.69, 9.17) is 5.26 Å². The molecule has 0 aliphatic rings. The average Bonchev–Trinajstić information content (AvgIpc) is 2.88. The van der Waals surface area contributed by atoms with Crippen molar-refractivity contribution in [3.63, 3.8) is 0 Å². The Morgan fingerprint density at radius 1 is 1.42 bits per heavy atom. The van der Waals surface area contributed by atoms with Crippen LogP contribution in [0.3, 0.4) is 0 Å². The van der Waals surface area contributed by atoms with E-state index in [9.17, 15) is 0 Å². The molecule has 0 saturated heterocycles. The minimum Gasteiger partial charge on any atom is -0.355 e. The minimum atomic E-state index is 0.466. The van der Waals surface area contributed by atoms with Gasteiger partial charge in [-0.1, -0.05) is 0 Å². The van der Waals surface area contributed by atoms with E-state index in [-0.39, 0.29) is 0 Å². The van der Waals surface area contributed by atoms with Crippen molar-refractivity contribution in [2.24, 2.45) is 0 Å². The van der Waals surface area contributed by atoms with Gasteiger partial charge in [0.05, 0.1) is 24.1 Å². The largest absolute Gasteiger partial charge is 0.355 e. The van der Waals surface area contributed by atoms with Gasteiger partial charge in [-0.3, -0.25) is 5.10 Å². The Kier molecular flexibility index (Phi) is 4.13. The number of aromatic amines is 1.